The lowest BCUT2D eigenvalue weighted by molar-refractivity contribution is -0.207. The molecule has 1 aliphatic heterocycles. The van der Waals surface area contributed by atoms with Crippen LogP contribution in [0.4, 0.5) is 22.0 Å². The number of aliphatic imine (C=N–C) groups is 1. The average Bonchev–Trinajstić information content (AvgIpc) is 2.51. The van der Waals surface area contributed by atoms with E-state index in [1.807, 2.05) is 0 Å². The maximum atomic E-state index is 13.6. The summed E-state index contributed by atoms with van der Waals surface area (Å²) in [6.45, 7) is 1.93. The number of nitrogens with zero attached hydrogens (tertiary/aromatic N) is 1. The molecule has 0 aromatic carbocycles. The highest BCUT2D eigenvalue weighted by Gasteiger charge is 2.71. The first kappa shape index (κ1) is 23.3. The molecule has 0 amide bonds. The maximum absolute atomic E-state index is 13.6. The molecule has 0 aromatic rings. The van der Waals surface area contributed by atoms with Crippen molar-refractivity contribution in [3.8, 4) is 0 Å². The maximum Gasteiger partial charge on any atom is 0.411 e. The van der Waals surface area contributed by atoms with E-state index in [2.05, 4.69) is 36.9 Å². The number of hydrogen-bond acceptors (Lipinski definition) is 3. The van der Waals surface area contributed by atoms with Gasteiger partial charge in [-0.05, 0) is 13.3 Å². The second-order valence-electron chi connectivity index (χ2n) is 6.11. The summed E-state index contributed by atoms with van der Waals surface area (Å²) in [5.74, 6) is -5.67. The lowest BCUT2D eigenvalue weighted by Crippen LogP contribution is -2.67. The molecule has 1 aliphatic rings. The van der Waals surface area contributed by atoms with E-state index in [1.165, 1.54) is 0 Å². The fraction of sp³-hybridized carbons (Fsp3) is 0.786. The largest absolute Gasteiger partial charge is 0.481 e. The van der Waals surface area contributed by atoms with Gasteiger partial charge in [0.25, 0.3) is 6.43 Å². The Balaban J connectivity index is 4.06. The Bertz CT molecular complexity index is 615. The number of carbonyl (C=O) groups is 2. The van der Waals surface area contributed by atoms with Gasteiger partial charge in [0.05, 0.1) is 5.71 Å². The third kappa shape index (κ3) is 3.38. The number of carboxylic acids is 2. The SMILES string of the molecule is CCC1(C(=O)O)C(C(F)(F)F)N=C(C(F)F)C(C)(C(=O)O)C1C(Br)CBr. The van der Waals surface area contributed by atoms with Crippen LogP contribution in [0.3, 0.4) is 0 Å². The van der Waals surface area contributed by atoms with Gasteiger partial charge in [-0.1, -0.05) is 38.8 Å². The van der Waals surface area contributed by atoms with Crippen molar-refractivity contribution >= 4 is 49.5 Å². The summed E-state index contributed by atoms with van der Waals surface area (Å²) in [6.07, 6.45) is -9.51. The monoisotopic (exact) mass is 515 g/mol. The van der Waals surface area contributed by atoms with Crippen molar-refractivity contribution in [2.45, 2.75) is 43.7 Å². The number of rotatable bonds is 6. The van der Waals surface area contributed by atoms with Crippen molar-refractivity contribution in [3.05, 3.63) is 0 Å². The van der Waals surface area contributed by atoms with Crippen molar-refractivity contribution < 1.29 is 41.8 Å². The van der Waals surface area contributed by atoms with Crippen LogP contribution in [-0.2, 0) is 9.59 Å². The molecule has 0 saturated heterocycles. The highest BCUT2D eigenvalue weighted by molar-refractivity contribution is 9.12. The number of halogens is 7. The van der Waals surface area contributed by atoms with Crippen molar-refractivity contribution in [1.29, 1.82) is 0 Å². The molecule has 0 bridgehead atoms. The molecule has 0 radical (unpaired) electrons. The third-order valence-electron chi connectivity index (χ3n) is 4.92. The number of aliphatic carboxylic acids is 2. The topological polar surface area (TPSA) is 87.0 Å². The van der Waals surface area contributed by atoms with Gasteiger partial charge in [0.2, 0.25) is 0 Å². The Morgan fingerprint density at radius 1 is 1.27 bits per heavy atom. The molecule has 0 saturated carbocycles. The van der Waals surface area contributed by atoms with E-state index in [0.717, 1.165) is 13.8 Å². The minimum absolute atomic E-state index is 0.156. The fourth-order valence-corrected chi connectivity index (χ4v) is 5.09. The van der Waals surface area contributed by atoms with Crippen LogP contribution >= 0.6 is 31.9 Å². The summed E-state index contributed by atoms with van der Waals surface area (Å²) in [4.78, 5) is 25.7. The van der Waals surface area contributed by atoms with Gasteiger partial charge in [-0.3, -0.25) is 14.6 Å². The first-order valence-corrected chi connectivity index (χ1v) is 9.36. The molecule has 2 N–H and O–H groups in total. The summed E-state index contributed by atoms with van der Waals surface area (Å²) in [5.41, 5.74) is -6.84. The zero-order chi connectivity index (χ0) is 20.7. The summed E-state index contributed by atoms with van der Waals surface area (Å²) < 4.78 is 67.9. The van der Waals surface area contributed by atoms with E-state index < -0.39 is 64.3 Å². The van der Waals surface area contributed by atoms with Gasteiger partial charge < -0.3 is 10.2 Å². The van der Waals surface area contributed by atoms with Crippen molar-refractivity contribution in [2.24, 2.45) is 21.7 Å². The van der Waals surface area contributed by atoms with E-state index in [4.69, 9.17) is 0 Å². The first-order valence-electron chi connectivity index (χ1n) is 7.32. The summed E-state index contributed by atoms with van der Waals surface area (Å²) in [6, 6.07) is -3.00. The van der Waals surface area contributed by atoms with Gasteiger partial charge in [0.1, 0.15) is 10.8 Å². The summed E-state index contributed by atoms with van der Waals surface area (Å²) in [7, 11) is 0. The quantitative estimate of drug-likeness (QED) is 0.413. The van der Waals surface area contributed by atoms with Crippen LogP contribution in [0, 0.1) is 16.7 Å². The Morgan fingerprint density at radius 3 is 2.04 bits per heavy atom. The Labute approximate surface area is 162 Å². The van der Waals surface area contributed by atoms with Crippen LogP contribution in [0.5, 0.6) is 0 Å². The molecule has 26 heavy (non-hydrogen) atoms. The normalized spacial score (nSPS) is 33.7. The first-order chi connectivity index (χ1) is 11.7. The lowest BCUT2D eigenvalue weighted by atomic mass is 9.53. The zero-order valence-electron chi connectivity index (χ0n) is 13.5. The second kappa shape index (κ2) is 7.69. The Kier molecular flexibility index (Phi) is 6.88. The predicted octanol–water partition coefficient (Wildman–Crippen LogP) is 3.98. The molecule has 0 spiro atoms. The van der Waals surface area contributed by atoms with Gasteiger partial charge >= 0.3 is 18.1 Å². The van der Waals surface area contributed by atoms with Crippen LogP contribution < -0.4 is 0 Å². The second-order valence-corrected chi connectivity index (χ2v) is 7.94. The number of carboxylic acid groups (broad SMARTS) is 2. The van der Waals surface area contributed by atoms with Gasteiger partial charge in [-0.25, -0.2) is 8.78 Å². The number of alkyl halides is 7. The summed E-state index contributed by atoms with van der Waals surface area (Å²) >= 11 is 5.96. The average molecular weight is 517 g/mol. The van der Waals surface area contributed by atoms with Gasteiger partial charge in [0, 0.05) is 16.1 Å². The predicted molar refractivity (Wildman–Crippen MR) is 89.4 cm³/mol. The third-order valence-corrected chi connectivity index (χ3v) is 7.34. The van der Waals surface area contributed by atoms with Crippen LogP contribution in [0.15, 0.2) is 4.99 Å². The smallest absolute Gasteiger partial charge is 0.411 e. The summed E-state index contributed by atoms with van der Waals surface area (Å²) in [5, 5.41) is 19.1. The van der Waals surface area contributed by atoms with Crippen molar-refractivity contribution in [3.63, 3.8) is 0 Å². The van der Waals surface area contributed by atoms with Gasteiger partial charge in [0.15, 0.2) is 6.04 Å². The highest BCUT2D eigenvalue weighted by Crippen LogP contribution is 2.58. The van der Waals surface area contributed by atoms with Crippen molar-refractivity contribution in [1.82, 2.24) is 0 Å². The Morgan fingerprint density at radius 2 is 1.77 bits per heavy atom. The molecule has 5 unspecified atom stereocenters. The molecule has 1 heterocycles. The molecule has 150 valence electrons. The van der Waals surface area contributed by atoms with E-state index in [1.54, 1.807) is 0 Å². The van der Waals surface area contributed by atoms with Crippen molar-refractivity contribution in [2.75, 3.05) is 5.33 Å². The van der Waals surface area contributed by atoms with Crippen LogP contribution in [0.2, 0.25) is 0 Å². The van der Waals surface area contributed by atoms with E-state index in [9.17, 15) is 41.8 Å². The molecule has 5 atom stereocenters. The molecule has 0 aromatic heterocycles. The number of hydrogen-bond donors (Lipinski definition) is 2. The lowest BCUT2D eigenvalue weighted by Gasteiger charge is -2.53. The molecule has 1 rings (SSSR count). The van der Waals surface area contributed by atoms with Crippen LogP contribution in [0.25, 0.3) is 0 Å². The van der Waals surface area contributed by atoms with Crippen LogP contribution in [-0.4, -0.2) is 56.7 Å². The highest BCUT2D eigenvalue weighted by atomic mass is 79.9. The zero-order valence-corrected chi connectivity index (χ0v) is 16.7. The Hall–Kier alpha value is -0.780. The van der Waals surface area contributed by atoms with E-state index in [0.29, 0.717) is 0 Å². The molecule has 0 fully saturated rings. The van der Waals surface area contributed by atoms with E-state index >= 15 is 0 Å². The molecule has 0 aliphatic carbocycles. The standard InChI is InChI=1S/C14H16Br2F5NO4/c1-3-13(11(25)26)6(5(16)4-15)12(2,10(23)24)7(8(17)18)22-9(13)14(19,20)21/h5-6,8-9H,3-4H2,1-2H3,(H,23,24)(H,25,26). The molecule has 12 heteroatoms. The molecular weight excluding hydrogens is 501 g/mol. The van der Waals surface area contributed by atoms with Crippen LogP contribution in [0.1, 0.15) is 20.3 Å². The molecular formula is C14H16Br2F5NO4. The minimum atomic E-state index is -5.26. The van der Waals surface area contributed by atoms with Gasteiger partial charge in [-0.15, -0.1) is 0 Å². The molecule has 5 nitrogen and oxygen atoms in total. The van der Waals surface area contributed by atoms with E-state index in [-0.39, 0.29) is 5.33 Å². The van der Waals surface area contributed by atoms with Gasteiger partial charge in [-0.2, -0.15) is 13.2 Å². The minimum Gasteiger partial charge on any atom is -0.481 e. The fourth-order valence-electron chi connectivity index (χ4n) is 3.71.